The van der Waals surface area contributed by atoms with Crippen molar-refractivity contribution < 1.29 is 0 Å². The maximum atomic E-state index is 6.08. The summed E-state index contributed by atoms with van der Waals surface area (Å²) in [6.07, 6.45) is 1.95. The normalized spacial score (nSPS) is 11.3. The topological polar surface area (TPSA) is 17.3 Å². The second kappa shape index (κ2) is 6.26. The largest absolute Gasteiger partial charge is 0.232 e. The number of aryl methyl sites for hydroxylation is 1. The van der Waals surface area contributed by atoms with Gasteiger partial charge in [0.05, 0.1) is 17.4 Å². The molecular formula is C24H17ClN2. The van der Waals surface area contributed by atoms with Crippen LogP contribution in [0.4, 0.5) is 0 Å². The fourth-order valence-corrected chi connectivity index (χ4v) is 3.73. The van der Waals surface area contributed by atoms with E-state index in [-0.39, 0.29) is 0 Å². The number of hydrogen-bond donors (Lipinski definition) is 0. The van der Waals surface area contributed by atoms with E-state index in [9.17, 15) is 0 Å². The molecule has 0 amide bonds. The molecule has 3 aromatic carbocycles. The van der Waals surface area contributed by atoms with Crippen molar-refractivity contribution in [2.75, 3.05) is 0 Å². The SMILES string of the molecule is Cc1ccc(-c2cc3ccccc3c3c(-c4ccc(Cl)cc4)cnn23)cc1. The van der Waals surface area contributed by atoms with Gasteiger partial charge in [-0.2, -0.15) is 5.10 Å². The second-order valence-electron chi connectivity index (χ2n) is 6.81. The zero-order valence-electron chi connectivity index (χ0n) is 14.9. The van der Waals surface area contributed by atoms with Gasteiger partial charge in [-0.15, -0.1) is 0 Å². The van der Waals surface area contributed by atoms with Crippen molar-refractivity contribution in [1.82, 2.24) is 9.61 Å². The summed E-state index contributed by atoms with van der Waals surface area (Å²) >= 11 is 6.08. The highest BCUT2D eigenvalue weighted by Gasteiger charge is 2.14. The number of fused-ring (bicyclic) bond motifs is 3. The standard InChI is InChI=1S/C24H17ClN2/c1-16-6-8-18(9-7-16)23-14-19-4-2-3-5-21(19)24-22(15-26-27(23)24)17-10-12-20(25)13-11-17/h2-15H,1H3. The van der Waals surface area contributed by atoms with Crippen molar-refractivity contribution >= 4 is 27.9 Å². The molecule has 0 aliphatic rings. The third-order valence-corrected chi connectivity index (χ3v) is 5.26. The van der Waals surface area contributed by atoms with Crippen LogP contribution in [0.2, 0.25) is 5.02 Å². The van der Waals surface area contributed by atoms with Gasteiger partial charge in [-0.3, -0.25) is 0 Å². The Morgan fingerprint density at radius 1 is 0.815 bits per heavy atom. The van der Waals surface area contributed by atoms with Crippen LogP contribution in [0.1, 0.15) is 5.56 Å². The van der Waals surface area contributed by atoms with Crippen LogP contribution in [0, 0.1) is 6.92 Å². The summed E-state index contributed by atoms with van der Waals surface area (Å²) in [6, 6.07) is 27.2. The molecule has 0 bridgehead atoms. The summed E-state index contributed by atoms with van der Waals surface area (Å²) < 4.78 is 2.05. The molecule has 0 aliphatic heterocycles. The Morgan fingerprint density at radius 3 is 2.30 bits per heavy atom. The van der Waals surface area contributed by atoms with Crippen molar-refractivity contribution in [2.45, 2.75) is 6.92 Å². The molecule has 0 unspecified atom stereocenters. The fraction of sp³-hybridized carbons (Fsp3) is 0.0417. The third kappa shape index (κ3) is 2.70. The van der Waals surface area contributed by atoms with Crippen molar-refractivity contribution in [3.8, 4) is 22.4 Å². The maximum absolute atomic E-state index is 6.08. The van der Waals surface area contributed by atoms with Crippen LogP contribution in [0.3, 0.4) is 0 Å². The van der Waals surface area contributed by atoms with Gasteiger partial charge in [0.25, 0.3) is 0 Å². The zero-order chi connectivity index (χ0) is 18.4. The Hall–Kier alpha value is -3.10. The number of aromatic nitrogens is 2. The summed E-state index contributed by atoms with van der Waals surface area (Å²) in [5, 5.41) is 7.88. The third-order valence-electron chi connectivity index (χ3n) is 5.01. The molecule has 2 aromatic heterocycles. The highest BCUT2D eigenvalue weighted by atomic mass is 35.5. The van der Waals surface area contributed by atoms with Gasteiger partial charge in [-0.25, -0.2) is 4.52 Å². The van der Waals surface area contributed by atoms with Gasteiger partial charge in [0.2, 0.25) is 0 Å². The Balaban J connectivity index is 1.87. The van der Waals surface area contributed by atoms with Crippen LogP contribution in [0.15, 0.2) is 85.1 Å². The predicted octanol–water partition coefficient (Wildman–Crippen LogP) is 6.78. The van der Waals surface area contributed by atoms with Crippen molar-refractivity contribution in [2.24, 2.45) is 0 Å². The molecule has 130 valence electrons. The first-order valence-corrected chi connectivity index (χ1v) is 9.31. The molecule has 0 radical (unpaired) electrons. The number of benzene rings is 3. The number of hydrogen-bond acceptors (Lipinski definition) is 1. The van der Waals surface area contributed by atoms with Crippen LogP contribution in [-0.4, -0.2) is 9.61 Å². The number of nitrogens with zero attached hydrogens (tertiary/aromatic N) is 2. The lowest BCUT2D eigenvalue weighted by Gasteiger charge is -2.11. The van der Waals surface area contributed by atoms with Gasteiger partial charge in [0.1, 0.15) is 0 Å². The molecule has 5 rings (SSSR count). The van der Waals surface area contributed by atoms with Crippen LogP contribution in [0.25, 0.3) is 38.7 Å². The van der Waals surface area contributed by atoms with Crippen LogP contribution < -0.4 is 0 Å². The lowest BCUT2D eigenvalue weighted by Crippen LogP contribution is -1.95. The molecule has 0 spiro atoms. The number of halogens is 1. The van der Waals surface area contributed by atoms with Crippen molar-refractivity contribution in [3.63, 3.8) is 0 Å². The molecule has 5 aromatic rings. The van der Waals surface area contributed by atoms with E-state index in [0.717, 1.165) is 32.9 Å². The highest BCUT2D eigenvalue weighted by Crippen LogP contribution is 2.34. The van der Waals surface area contributed by atoms with E-state index in [1.54, 1.807) is 0 Å². The van der Waals surface area contributed by atoms with E-state index in [1.165, 1.54) is 16.3 Å². The van der Waals surface area contributed by atoms with E-state index in [4.69, 9.17) is 16.7 Å². The summed E-state index contributed by atoms with van der Waals surface area (Å²) in [6.45, 7) is 2.10. The minimum atomic E-state index is 0.737. The van der Waals surface area contributed by atoms with Crippen LogP contribution >= 0.6 is 11.6 Å². The van der Waals surface area contributed by atoms with Gasteiger partial charge in [0, 0.05) is 21.5 Å². The molecule has 2 nitrogen and oxygen atoms in total. The highest BCUT2D eigenvalue weighted by molar-refractivity contribution is 6.30. The molecule has 0 saturated carbocycles. The first-order valence-electron chi connectivity index (χ1n) is 8.93. The quantitative estimate of drug-likeness (QED) is 0.335. The Bertz CT molecular complexity index is 1270. The minimum absolute atomic E-state index is 0.737. The molecule has 0 aliphatic carbocycles. The monoisotopic (exact) mass is 368 g/mol. The molecule has 0 N–H and O–H groups in total. The molecular weight excluding hydrogens is 352 g/mol. The van der Waals surface area contributed by atoms with Gasteiger partial charge in [0.15, 0.2) is 0 Å². The molecule has 3 heteroatoms. The predicted molar refractivity (Wildman–Crippen MR) is 113 cm³/mol. The second-order valence-corrected chi connectivity index (χ2v) is 7.24. The summed E-state index contributed by atoms with van der Waals surface area (Å²) in [4.78, 5) is 0. The summed E-state index contributed by atoms with van der Waals surface area (Å²) in [5.41, 5.74) is 6.83. The average Bonchev–Trinajstić information content (AvgIpc) is 3.14. The first-order chi connectivity index (χ1) is 13.2. The van der Waals surface area contributed by atoms with E-state index in [2.05, 4.69) is 66.0 Å². The van der Waals surface area contributed by atoms with Gasteiger partial charge < -0.3 is 0 Å². The molecule has 0 atom stereocenters. The smallest absolute Gasteiger partial charge is 0.0825 e. The lowest BCUT2D eigenvalue weighted by molar-refractivity contribution is 0.975. The maximum Gasteiger partial charge on any atom is 0.0825 e. The lowest BCUT2D eigenvalue weighted by atomic mass is 10.0. The van der Waals surface area contributed by atoms with E-state index in [1.807, 2.05) is 30.5 Å². The summed E-state index contributed by atoms with van der Waals surface area (Å²) in [7, 11) is 0. The van der Waals surface area contributed by atoms with Gasteiger partial charge >= 0.3 is 0 Å². The van der Waals surface area contributed by atoms with Crippen LogP contribution in [0.5, 0.6) is 0 Å². The Labute approximate surface area is 162 Å². The van der Waals surface area contributed by atoms with E-state index >= 15 is 0 Å². The molecule has 0 saturated heterocycles. The number of rotatable bonds is 2. The van der Waals surface area contributed by atoms with E-state index < -0.39 is 0 Å². The molecule has 2 heterocycles. The fourth-order valence-electron chi connectivity index (χ4n) is 3.61. The Kier molecular flexibility index (Phi) is 3.73. The summed E-state index contributed by atoms with van der Waals surface area (Å²) in [5.74, 6) is 0. The Morgan fingerprint density at radius 2 is 1.52 bits per heavy atom. The number of pyridine rings is 1. The zero-order valence-corrected chi connectivity index (χ0v) is 15.6. The van der Waals surface area contributed by atoms with Gasteiger partial charge in [-0.05, 0) is 36.1 Å². The van der Waals surface area contributed by atoms with Gasteiger partial charge in [-0.1, -0.05) is 77.8 Å². The average molecular weight is 369 g/mol. The van der Waals surface area contributed by atoms with E-state index in [0.29, 0.717) is 0 Å². The molecule has 0 fully saturated rings. The van der Waals surface area contributed by atoms with Crippen molar-refractivity contribution in [3.05, 3.63) is 95.6 Å². The minimum Gasteiger partial charge on any atom is -0.232 e. The first kappa shape index (κ1) is 16.1. The van der Waals surface area contributed by atoms with Crippen molar-refractivity contribution in [1.29, 1.82) is 0 Å². The molecule has 27 heavy (non-hydrogen) atoms. The van der Waals surface area contributed by atoms with Crippen LogP contribution in [-0.2, 0) is 0 Å².